The summed E-state index contributed by atoms with van der Waals surface area (Å²) in [6.45, 7) is 4.03. The number of benzene rings is 1. The molecule has 4 rings (SSSR count). The van der Waals surface area contributed by atoms with Crippen LogP contribution >= 0.6 is 11.3 Å². The molecule has 0 fully saturated rings. The molecule has 0 aliphatic rings. The van der Waals surface area contributed by atoms with Gasteiger partial charge in [-0.25, -0.2) is 4.98 Å². The summed E-state index contributed by atoms with van der Waals surface area (Å²) in [5.41, 5.74) is 4.52. The topological polar surface area (TPSA) is 46.9 Å². The Morgan fingerprint density at radius 3 is 2.72 bits per heavy atom. The minimum absolute atomic E-state index is 0.117. The smallest absolute Gasteiger partial charge is 0.255 e. The molecule has 0 aliphatic carbocycles. The first-order valence-corrected chi connectivity index (χ1v) is 8.90. The van der Waals surface area contributed by atoms with Gasteiger partial charge in [0.1, 0.15) is 4.83 Å². The zero-order chi connectivity index (χ0) is 17.4. The zero-order valence-corrected chi connectivity index (χ0v) is 14.8. The molecular weight excluding hydrogens is 330 g/mol. The van der Waals surface area contributed by atoms with E-state index < -0.39 is 0 Å². The summed E-state index contributed by atoms with van der Waals surface area (Å²) in [6, 6.07) is 13.5. The van der Waals surface area contributed by atoms with Crippen LogP contribution in [0.3, 0.4) is 0 Å². The Balaban J connectivity index is 1.66. The van der Waals surface area contributed by atoms with Gasteiger partial charge >= 0.3 is 0 Å². The number of hydrogen-bond acceptors (Lipinski definition) is 3. The molecule has 0 saturated heterocycles. The number of carbonyl (C=O) groups excluding carboxylic acids is 1. The maximum absolute atomic E-state index is 12.7. The number of thiophene rings is 1. The van der Waals surface area contributed by atoms with Gasteiger partial charge in [0.05, 0.1) is 5.69 Å². The van der Waals surface area contributed by atoms with E-state index in [0.717, 1.165) is 32.8 Å². The van der Waals surface area contributed by atoms with Crippen LogP contribution < -0.4 is 5.32 Å². The van der Waals surface area contributed by atoms with Crippen molar-refractivity contribution in [3.63, 3.8) is 0 Å². The Bertz CT molecular complexity index is 1060. The fraction of sp³-hybridized carbons (Fsp3) is 0.100. The van der Waals surface area contributed by atoms with Crippen LogP contribution in [-0.2, 0) is 0 Å². The summed E-state index contributed by atoms with van der Waals surface area (Å²) in [5.74, 6) is -0.117. The van der Waals surface area contributed by atoms with Crippen molar-refractivity contribution < 1.29 is 4.79 Å². The summed E-state index contributed by atoms with van der Waals surface area (Å²) < 4.78 is 1.98. The SMILES string of the molecule is Cc1cc(C)c2c(NC(=O)c3cccc(-n4cccc4)c3)csc2n1. The van der Waals surface area contributed by atoms with E-state index in [9.17, 15) is 4.79 Å². The fourth-order valence-corrected chi connectivity index (χ4v) is 3.98. The van der Waals surface area contributed by atoms with Crippen LogP contribution in [0.1, 0.15) is 21.6 Å². The third-order valence-electron chi connectivity index (χ3n) is 4.13. The second-order valence-electron chi connectivity index (χ2n) is 6.00. The quantitative estimate of drug-likeness (QED) is 0.569. The standard InChI is InChI=1S/C20H17N3OS/c1-13-10-14(2)21-20-18(13)17(12-25-20)22-19(24)15-6-5-7-16(11-15)23-8-3-4-9-23/h3-12H,1-2H3,(H,22,24). The lowest BCUT2D eigenvalue weighted by Gasteiger charge is -2.08. The number of aromatic nitrogens is 2. The van der Waals surface area contributed by atoms with Crippen LogP contribution in [0.5, 0.6) is 0 Å². The molecule has 0 bridgehead atoms. The predicted molar refractivity (Wildman–Crippen MR) is 103 cm³/mol. The van der Waals surface area contributed by atoms with Gasteiger partial charge in [-0.1, -0.05) is 6.07 Å². The van der Waals surface area contributed by atoms with Crippen molar-refractivity contribution >= 4 is 33.1 Å². The zero-order valence-electron chi connectivity index (χ0n) is 14.0. The maximum atomic E-state index is 12.7. The van der Waals surface area contributed by atoms with Gasteiger partial charge < -0.3 is 9.88 Å². The van der Waals surface area contributed by atoms with Crippen molar-refractivity contribution in [2.24, 2.45) is 0 Å². The first-order chi connectivity index (χ1) is 12.1. The van der Waals surface area contributed by atoms with Gasteiger partial charge in [0.25, 0.3) is 5.91 Å². The molecular formula is C20H17N3OS. The minimum Gasteiger partial charge on any atom is -0.324 e. The molecule has 1 N–H and O–H groups in total. The number of anilines is 1. The number of carbonyl (C=O) groups is 1. The summed E-state index contributed by atoms with van der Waals surface area (Å²) in [6.07, 6.45) is 3.92. The molecule has 0 saturated carbocycles. The van der Waals surface area contributed by atoms with Crippen molar-refractivity contribution in [1.29, 1.82) is 0 Å². The molecule has 1 amide bonds. The van der Waals surface area contributed by atoms with Gasteiger partial charge in [0, 0.05) is 40.1 Å². The number of nitrogens with one attached hydrogen (secondary N) is 1. The van der Waals surface area contributed by atoms with Crippen molar-refractivity contribution in [3.05, 3.63) is 77.1 Å². The highest BCUT2D eigenvalue weighted by molar-refractivity contribution is 7.17. The maximum Gasteiger partial charge on any atom is 0.255 e. The number of rotatable bonds is 3. The number of pyridine rings is 1. The van der Waals surface area contributed by atoms with Gasteiger partial charge in [0.2, 0.25) is 0 Å². The number of nitrogens with zero attached hydrogens (tertiary/aromatic N) is 2. The normalized spacial score (nSPS) is 11.0. The van der Waals surface area contributed by atoms with Crippen LogP contribution in [0.15, 0.2) is 60.2 Å². The molecule has 0 spiro atoms. The molecule has 0 aliphatic heterocycles. The molecule has 5 heteroatoms. The molecule has 0 unspecified atom stereocenters. The summed E-state index contributed by atoms with van der Waals surface area (Å²) in [4.78, 5) is 18.2. The van der Waals surface area contributed by atoms with Crippen molar-refractivity contribution in [3.8, 4) is 5.69 Å². The molecule has 0 atom stereocenters. The number of amides is 1. The van der Waals surface area contributed by atoms with Crippen LogP contribution in [0.25, 0.3) is 15.9 Å². The molecule has 3 heterocycles. The van der Waals surface area contributed by atoms with Crippen LogP contribution in [0.4, 0.5) is 5.69 Å². The third kappa shape index (κ3) is 2.94. The Labute approximate surface area is 149 Å². The second-order valence-corrected chi connectivity index (χ2v) is 6.86. The van der Waals surface area contributed by atoms with Crippen molar-refractivity contribution in [2.75, 3.05) is 5.32 Å². The molecule has 4 nitrogen and oxygen atoms in total. The Kier molecular flexibility index (Phi) is 3.86. The van der Waals surface area contributed by atoms with Crippen molar-refractivity contribution in [2.45, 2.75) is 13.8 Å². The predicted octanol–water partition coefficient (Wildman–Crippen LogP) is 4.96. The molecule has 0 radical (unpaired) electrons. The van der Waals surface area contributed by atoms with E-state index in [0.29, 0.717) is 5.56 Å². The lowest BCUT2D eigenvalue weighted by molar-refractivity contribution is 0.102. The first-order valence-electron chi connectivity index (χ1n) is 8.02. The lowest BCUT2D eigenvalue weighted by Crippen LogP contribution is -2.12. The van der Waals surface area contributed by atoms with Crippen LogP contribution in [0, 0.1) is 13.8 Å². The van der Waals surface area contributed by atoms with Crippen LogP contribution in [-0.4, -0.2) is 15.5 Å². The van der Waals surface area contributed by atoms with Crippen molar-refractivity contribution in [1.82, 2.24) is 9.55 Å². The molecule has 4 aromatic rings. The highest BCUT2D eigenvalue weighted by atomic mass is 32.1. The first kappa shape index (κ1) is 15.6. The lowest BCUT2D eigenvalue weighted by atomic mass is 10.1. The third-order valence-corrected chi connectivity index (χ3v) is 5.00. The molecule has 25 heavy (non-hydrogen) atoms. The average Bonchev–Trinajstić information content (AvgIpc) is 3.25. The highest BCUT2D eigenvalue weighted by Crippen LogP contribution is 2.32. The fourth-order valence-electron chi connectivity index (χ4n) is 2.99. The monoisotopic (exact) mass is 347 g/mol. The number of fused-ring (bicyclic) bond motifs is 1. The van der Waals surface area contributed by atoms with Gasteiger partial charge in [-0.2, -0.15) is 0 Å². The largest absolute Gasteiger partial charge is 0.324 e. The van der Waals surface area contributed by atoms with E-state index in [2.05, 4.69) is 10.3 Å². The summed E-state index contributed by atoms with van der Waals surface area (Å²) in [5, 5.41) is 6.01. The molecule has 1 aromatic carbocycles. The summed E-state index contributed by atoms with van der Waals surface area (Å²) >= 11 is 1.55. The van der Waals surface area contributed by atoms with E-state index >= 15 is 0 Å². The minimum atomic E-state index is -0.117. The van der Waals surface area contributed by atoms with E-state index in [1.807, 2.05) is 78.7 Å². The van der Waals surface area contributed by atoms with E-state index in [1.165, 1.54) is 0 Å². The number of hydrogen-bond donors (Lipinski definition) is 1. The van der Waals surface area contributed by atoms with E-state index in [4.69, 9.17) is 0 Å². The van der Waals surface area contributed by atoms with Gasteiger partial charge in [0.15, 0.2) is 0 Å². The molecule has 124 valence electrons. The van der Waals surface area contributed by atoms with Crippen LogP contribution in [0.2, 0.25) is 0 Å². The van der Waals surface area contributed by atoms with E-state index in [1.54, 1.807) is 11.3 Å². The van der Waals surface area contributed by atoms with Gasteiger partial charge in [-0.05, 0) is 55.8 Å². The second kappa shape index (κ2) is 6.18. The van der Waals surface area contributed by atoms with Gasteiger partial charge in [-0.3, -0.25) is 4.79 Å². The van der Waals surface area contributed by atoms with E-state index in [-0.39, 0.29) is 5.91 Å². The average molecular weight is 347 g/mol. The van der Waals surface area contributed by atoms with Gasteiger partial charge in [-0.15, -0.1) is 11.3 Å². The Hall–Kier alpha value is -2.92. The Morgan fingerprint density at radius 2 is 1.92 bits per heavy atom. The number of aryl methyl sites for hydroxylation is 2. The Morgan fingerprint density at radius 1 is 1.12 bits per heavy atom. The highest BCUT2D eigenvalue weighted by Gasteiger charge is 2.13. The molecule has 3 aromatic heterocycles. The summed E-state index contributed by atoms with van der Waals surface area (Å²) in [7, 11) is 0.